The number of aromatic nitrogens is 2. The van der Waals surface area contributed by atoms with Crippen molar-refractivity contribution < 1.29 is 17.9 Å². The maximum absolute atomic E-state index is 12.9. The second-order valence-corrected chi connectivity index (χ2v) is 8.12. The predicted molar refractivity (Wildman–Crippen MR) is 98.2 cm³/mol. The van der Waals surface area contributed by atoms with Crippen molar-refractivity contribution in [1.29, 1.82) is 0 Å². The summed E-state index contributed by atoms with van der Waals surface area (Å²) in [5, 5.41) is 4.47. The van der Waals surface area contributed by atoms with Gasteiger partial charge >= 0.3 is 0 Å². The van der Waals surface area contributed by atoms with E-state index in [0.29, 0.717) is 24.7 Å². The van der Waals surface area contributed by atoms with Gasteiger partial charge in [-0.3, -0.25) is 4.68 Å². The average molecular weight is 379 g/mol. The van der Waals surface area contributed by atoms with E-state index in [0.717, 1.165) is 29.9 Å². The maximum Gasteiger partial charge on any atom is 0.241 e. The van der Waals surface area contributed by atoms with Crippen molar-refractivity contribution in [3.8, 4) is 11.5 Å². The molecule has 1 aliphatic rings. The number of benzene rings is 1. The van der Waals surface area contributed by atoms with Crippen LogP contribution in [0.25, 0.3) is 0 Å². The molecule has 0 amide bonds. The van der Waals surface area contributed by atoms with Crippen LogP contribution in [0.3, 0.4) is 0 Å². The third-order valence-corrected chi connectivity index (χ3v) is 6.07. The fraction of sp³-hybridized carbons (Fsp3) is 0.500. The second kappa shape index (κ2) is 7.28. The van der Waals surface area contributed by atoms with Crippen LogP contribution in [0.4, 0.5) is 0 Å². The van der Waals surface area contributed by atoms with Crippen LogP contribution in [-0.2, 0) is 16.6 Å². The van der Waals surface area contributed by atoms with E-state index >= 15 is 0 Å². The first kappa shape index (κ1) is 18.7. The number of fused-ring (bicyclic) bond motifs is 1. The fourth-order valence-corrected chi connectivity index (χ4v) is 4.54. The van der Waals surface area contributed by atoms with Gasteiger partial charge in [-0.15, -0.1) is 0 Å². The monoisotopic (exact) mass is 379 g/mol. The van der Waals surface area contributed by atoms with E-state index in [1.165, 1.54) is 12.1 Å². The molecule has 0 spiro atoms. The Kier molecular flexibility index (Phi) is 5.24. The number of nitrogens with zero attached hydrogens (tertiary/aromatic N) is 2. The minimum absolute atomic E-state index is 0.159. The summed E-state index contributed by atoms with van der Waals surface area (Å²) in [4.78, 5) is 0.159. The molecule has 2 heterocycles. The third-order valence-electron chi connectivity index (χ3n) is 4.53. The van der Waals surface area contributed by atoms with Crippen molar-refractivity contribution in [2.75, 3.05) is 13.2 Å². The molecule has 0 aliphatic carbocycles. The first-order valence-electron chi connectivity index (χ1n) is 8.79. The number of hydrogen-bond donors (Lipinski definition) is 1. The lowest BCUT2D eigenvalue weighted by atomic mass is 10.1. The molecular formula is C18H25N3O4S. The highest BCUT2D eigenvalue weighted by Gasteiger charge is 2.24. The lowest BCUT2D eigenvalue weighted by molar-refractivity contribution is 0.297. The average Bonchev–Trinajstić information content (AvgIpc) is 2.75. The number of aryl methyl sites for hydroxylation is 2. The SMILES string of the molecule is CCn1nc(C)c([C@H](C)NS(=O)(=O)c2ccc3c(c2)OCCCO3)c1C. The Hall–Kier alpha value is -2.06. The van der Waals surface area contributed by atoms with E-state index < -0.39 is 16.1 Å². The zero-order valence-corrected chi connectivity index (χ0v) is 16.4. The lowest BCUT2D eigenvalue weighted by Crippen LogP contribution is -2.27. The van der Waals surface area contributed by atoms with E-state index in [9.17, 15) is 8.42 Å². The van der Waals surface area contributed by atoms with Gasteiger partial charge in [0.2, 0.25) is 10.0 Å². The lowest BCUT2D eigenvalue weighted by Gasteiger charge is -2.16. The molecule has 0 unspecified atom stereocenters. The molecule has 1 atom stereocenters. The topological polar surface area (TPSA) is 82.5 Å². The molecule has 142 valence electrons. The van der Waals surface area contributed by atoms with Gasteiger partial charge in [0.1, 0.15) is 0 Å². The summed E-state index contributed by atoms with van der Waals surface area (Å²) in [5.74, 6) is 1.04. The summed E-state index contributed by atoms with van der Waals surface area (Å²) in [6, 6.07) is 4.31. The second-order valence-electron chi connectivity index (χ2n) is 6.40. The summed E-state index contributed by atoms with van der Waals surface area (Å²) >= 11 is 0. The molecular weight excluding hydrogens is 354 g/mol. The third kappa shape index (κ3) is 3.57. The molecule has 3 rings (SSSR count). The Labute approximate surface area is 154 Å². The molecule has 0 radical (unpaired) electrons. The molecule has 0 saturated carbocycles. The number of hydrogen-bond acceptors (Lipinski definition) is 5. The predicted octanol–water partition coefficient (Wildman–Crippen LogP) is 2.72. The Bertz CT molecular complexity index is 905. The zero-order chi connectivity index (χ0) is 18.9. The van der Waals surface area contributed by atoms with Gasteiger partial charge in [-0.25, -0.2) is 13.1 Å². The van der Waals surface area contributed by atoms with Gasteiger partial charge in [0, 0.05) is 36.3 Å². The van der Waals surface area contributed by atoms with E-state index in [1.54, 1.807) is 6.07 Å². The van der Waals surface area contributed by atoms with Gasteiger partial charge < -0.3 is 9.47 Å². The van der Waals surface area contributed by atoms with Crippen molar-refractivity contribution in [3.05, 3.63) is 35.2 Å². The summed E-state index contributed by atoms with van der Waals surface area (Å²) in [7, 11) is -3.71. The van der Waals surface area contributed by atoms with Crippen molar-refractivity contribution >= 4 is 10.0 Å². The van der Waals surface area contributed by atoms with Gasteiger partial charge in [-0.1, -0.05) is 0 Å². The molecule has 7 nitrogen and oxygen atoms in total. The molecule has 1 N–H and O–H groups in total. The Morgan fingerprint density at radius 3 is 2.58 bits per heavy atom. The Morgan fingerprint density at radius 1 is 1.23 bits per heavy atom. The van der Waals surface area contributed by atoms with Crippen LogP contribution < -0.4 is 14.2 Å². The van der Waals surface area contributed by atoms with E-state index in [2.05, 4.69) is 9.82 Å². The zero-order valence-electron chi connectivity index (χ0n) is 15.6. The summed E-state index contributed by atoms with van der Waals surface area (Å²) < 4.78 is 41.5. The van der Waals surface area contributed by atoms with Gasteiger partial charge in [-0.05, 0) is 39.8 Å². The highest BCUT2D eigenvalue weighted by molar-refractivity contribution is 7.89. The maximum atomic E-state index is 12.9. The number of sulfonamides is 1. The number of ether oxygens (including phenoxy) is 2. The van der Waals surface area contributed by atoms with Gasteiger partial charge in [0.25, 0.3) is 0 Å². The first-order valence-corrected chi connectivity index (χ1v) is 10.3. The Balaban J connectivity index is 1.87. The van der Waals surface area contributed by atoms with Crippen LogP contribution in [0.1, 0.15) is 43.3 Å². The normalized spacial score (nSPS) is 15.5. The van der Waals surface area contributed by atoms with Crippen LogP contribution >= 0.6 is 0 Å². The minimum Gasteiger partial charge on any atom is -0.490 e. The van der Waals surface area contributed by atoms with Gasteiger partial charge in [0.05, 0.1) is 23.8 Å². The van der Waals surface area contributed by atoms with Crippen LogP contribution in [0.15, 0.2) is 23.1 Å². The van der Waals surface area contributed by atoms with Crippen LogP contribution in [0.5, 0.6) is 11.5 Å². The summed E-state index contributed by atoms with van der Waals surface area (Å²) in [6.45, 7) is 9.51. The van der Waals surface area contributed by atoms with Crippen molar-refractivity contribution in [2.24, 2.45) is 0 Å². The van der Waals surface area contributed by atoms with E-state index in [4.69, 9.17) is 9.47 Å². The van der Waals surface area contributed by atoms with Crippen LogP contribution in [0, 0.1) is 13.8 Å². The van der Waals surface area contributed by atoms with Gasteiger partial charge in [0.15, 0.2) is 11.5 Å². The largest absolute Gasteiger partial charge is 0.490 e. The smallest absolute Gasteiger partial charge is 0.241 e. The van der Waals surface area contributed by atoms with Crippen molar-refractivity contribution in [1.82, 2.24) is 14.5 Å². The highest BCUT2D eigenvalue weighted by Crippen LogP contribution is 2.32. The molecule has 2 aromatic rings. The quantitative estimate of drug-likeness (QED) is 0.864. The van der Waals surface area contributed by atoms with Crippen molar-refractivity contribution in [2.45, 2.75) is 51.6 Å². The molecule has 26 heavy (non-hydrogen) atoms. The van der Waals surface area contributed by atoms with Crippen molar-refractivity contribution in [3.63, 3.8) is 0 Å². The fourth-order valence-electron chi connectivity index (χ4n) is 3.32. The number of nitrogens with one attached hydrogen (secondary N) is 1. The molecule has 1 aliphatic heterocycles. The minimum atomic E-state index is -3.71. The summed E-state index contributed by atoms with van der Waals surface area (Å²) in [6.07, 6.45) is 0.770. The molecule has 0 saturated heterocycles. The van der Waals surface area contributed by atoms with E-state index in [-0.39, 0.29) is 4.90 Å². The molecule has 1 aromatic heterocycles. The first-order chi connectivity index (χ1) is 12.3. The van der Waals surface area contributed by atoms with Crippen LogP contribution in [-0.4, -0.2) is 31.4 Å². The number of rotatable bonds is 5. The molecule has 0 bridgehead atoms. The summed E-state index contributed by atoms with van der Waals surface area (Å²) in [5.41, 5.74) is 2.71. The van der Waals surface area contributed by atoms with Crippen LogP contribution in [0.2, 0.25) is 0 Å². The van der Waals surface area contributed by atoms with Gasteiger partial charge in [-0.2, -0.15) is 5.10 Å². The highest BCUT2D eigenvalue weighted by atomic mass is 32.2. The van der Waals surface area contributed by atoms with E-state index in [1.807, 2.05) is 32.4 Å². The molecule has 8 heteroatoms. The standard InChI is InChI=1S/C18H25N3O4S/c1-5-21-14(4)18(12(2)19-21)13(3)20-26(22,23)15-7-8-16-17(11-15)25-10-6-9-24-16/h7-8,11,13,20H,5-6,9-10H2,1-4H3/t13-/m0/s1. The molecule has 1 aromatic carbocycles. The molecule has 0 fully saturated rings. The Morgan fingerprint density at radius 2 is 1.92 bits per heavy atom.